The standard InChI is InChI=1S/C15H20N2O2/c1-3-16-14(9(2)10-4-5-10)11-6-7-12-13(8-11)19-15(18)17-12/h6-10,14,16H,3-5H2,1-2H3,(H,17,18). The molecule has 0 saturated heterocycles. The zero-order valence-corrected chi connectivity index (χ0v) is 11.4. The molecule has 0 aliphatic heterocycles. The van der Waals surface area contributed by atoms with Gasteiger partial charge in [0.05, 0.1) is 5.52 Å². The highest BCUT2D eigenvalue weighted by Crippen LogP contribution is 2.42. The number of hydrogen-bond donors (Lipinski definition) is 2. The van der Waals surface area contributed by atoms with Gasteiger partial charge >= 0.3 is 5.76 Å². The van der Waals surface area contributed by atoms with Crippen molar-refractivity contribution in [1.82, 2.24) is 10.3 Å². The van der Waals surface area contributed by atoms with Crippen LogP contribution >= 0.6 is 0 Å². The molecule has 0 spiro atoms. The van der Waals surface area contributed by atoms with Gasteiger partial charge in [-0.05, 0) is 48.9 Å². The van der Waals surface area contributed by atoms with Crippen molar-refractivity contribution in [3.8, 4) is 0 Å². The molecule has 4 nitrogen and oxygen atoms in total. The average Bonchev–Trinajstić information content (AvgIpc) is 3.16. The first-order valence-corrected chi connectivity index (χ1v) is 7.05. The third-order valence-corrected chi connectivity index (χ3v) is 4.12. The van der Waals surface area contributed by atoms with E-state index in [2.05, 4.69) is 30.2 Å². The van der Waals surface area contributed by atoms with E-state index in [0.29, 0.717) is 17.5 Å². The number of benzene rings is 1. The minimum Gasteiger partial charge on any atom is -0.408 e. The third kappa shape index (κ3) is 2.45. The van der Waals surface area contributed by atoms with Gasteiger partial charge in [0.2, 0.25) is 0 Å². The Morgan fingerprint density at radius 1 is 1.47 bits per heavy atom. The number of rotatable bonds is 5. The number of aromatic nitrogens is 1. The van der Waals surface area contributed by atoms with E-state index in [9.17, 15) is 4.79 Å². The van der Waals surface area contributed by atoms with Gasteiger partial charge in [-0.2, -0.15) is 0 Å². The SMILES string of the molecule is CCNC(c1ccc2[nH]c(=O)oc2c1)C(C)C1CC1. The second-order valence-electron chi connectivity index (χ2n) is 5.50. The monoisotopic (exact) mass is 260 g/mol. The van der Waals surface area contributed by atoms with Crippen LogP contribution < -0.4 is 11.1 Å². The Morgan fingerprint density at radius 2 is 2.26 bits per heavy atom. The normalized spacial score (nSPS) is 18.6. The van der Waals surface area contributed by atoms with E-state index in [-0.39, 0.29) is 5.76 Å². The molecule has 1 fully saturated rings. The van der Waals surface area contributed by atoms with E-state index in [4.69, 9.17) is 4.42 Å². The number of aromatic amines is 1. The molecule has 4 heteroatoms. The van der Waals surface area contributed by atoms with Gasteiger partial charge in [0, 0.05) is 6.04 Å². The molecule has 102 valence electrons. The summed E-state index contributed by atoms with van der Waals surface area (Å²) >= 11 is 0. The van der Waals surface area contributed by atoms with Crippen molar-refractivity contribution < 1.29 is 4.42 Å². The van der Waals surface area contributed by atoms with E-state index < -0.39 is 0 Å². The van der Waals surface area contributed by atoms with Crippen LogP contribution in [0.1, 0.15) is 38.3 Å². The Morgan fingerprint density at radius 3 is 2.95 bits per heavy atom. The fraction of sp³-hybridized carbons (Fsp3) is 0.533. The maximum Gasteiger partial charge on any atom is 0.417 e. The Bertz CT molecular complexity index is 624. The van der Waals surface area contributed by atoms with Crippen molar-refractivity contribution in [2.75, 3.05) is 6.54 Å². The topological polar surface area (TPSA) is 58.0 Å². The molecule has 1 aliphatic carbocycles. The zero-order valence-electron chi connectivity index (χ0n) is 11.4. The molecule has 0 amide bonds. The van der Waals surface area contributed by atoms with E-state index in [1.807, 2.05) is 12.1 Å². The van der Waals surface area contributed by atoms with Gasteiger partial charge in [-0.1, -0.05) is 19.9 Å². The second-order valence-corrected chi connectivity index (χ2v) is 5.50. The minimum atomic E-state index is -0.387. The maximum atomic E-state index is 11.2. The lowest BCUT2D eigenvalue weighted by molar-refractivity contribution is 0.355. The van der Waals surface area contributed by atoms with Crippen molar-refractivity contribution >= 4 is 11.1 Å². The average molecular weight is 260 g/mol. The van der Waals surface area contributed by atoms with Gasteiger partial charge in [0.25, 0.3) is 0 Å². The third-order valence-electron chi connectivity index (χ3n) is 4.12. The molecule has 2 N–H and O–H groups in total. The highest BCUT2D eigenvalue weighted by Gasteiger charge is 2.33. The van der Waals surface area contributed by atoms with Gasteiger partial charge in [0.1, 0.15) is 0 Å². The maximum absolute atomic E-state index is 11.2. The van der Waals surface area contributed by atoms with Gasteiger partial charge in [-0.3, -0.25) is 4.98 Å². The van der Waals surface area contributed by atoms with Gasteiger partial charge in [-0.15, -0.1) is 0 Å². The molecule has 19 heavy (non-hydrogen) atoms. The summed E-state index contributed by atoms with van der Waals surface area (Å²) < 4.78 is 5.15. The summed E-state index contributed by atoms with van der Waals surface area (Å²) in [4.78, 5) is 13.9. The largest absolute Gasteiger partial charge is 0.417 e. The van der Waals surface area contributed by atoms with Crippen molar-refractivity contribution in [1.29, 1.82) is 0 Å². The van der Waals surface area contributed by atoms with E-state index in [1.54, 1.807) is 0 Å². The van der Waals surface area contributed by atoms with Crippen LogP contribution in [0, 0.1) is 11.8 Å². The summed E-state index contributed by atoms with van der Waals surface area (Å²) in [5, 5.41) is 3.56. The number of oxazole rings is 1. The fourth-order valence-electron chi connectivity index (χ4n) is 2.88. The quantitative estimate of drug-likeness (QED) is 0.869. The van der Waals surface area contributed by atoms with Crippen LogP contribution in [-0.4, -0.2) is 11.5 Å². The molecule has 1 heterocycles. The summed E-state index contributed by atoms with van der Waals surface area (Å²) in [7, 11) is 0. The summed E-state index contributed by atoms with van der Waals surface area (Å²) in [5.41, 5.74) is 2.62. The first kappa shape index (κ1) is 12.5. The van der Waals surface area contributed by atoms with Crippen molar-refractivity contribution in [3.63, 3.8) is 0 Å². The minimum absolute atomic E-state index is 0.335. The first-order valence-electron chi connectivity index (χ1n) is 7.05. The highest BCUT2D eigenvalue weighted by molar-refractivity contribution is 5.72. The molecular formula is C15H20N2O2. The summed E-state index contributed by atoms with van der Waals surface area (Å²) in [6.45, 7) is 5.38. The van der Waals surface area contributed by atoms with E-state index in [1.165, 1.54) is 18.4 Å². The van der Waals surface area contributed by atoms with Crippen molar-refractivity contribution in [2.24, 2.45) is 11.8 Å². The second kappa shape index (κ2) is 4.85. The number of nitrogens with one attached hydrogen (secondary N) is 2. The molecule has 1 aromatic heterocycles. The molecule has 1 aromatic carbocycles. The summed E-state index contributed by atoms with van der Waals surface area (Å²) in [6, 6.07) is 6.33. The molecule has 2 atom stereocenters. The molecule has 2 unspecified atom stereocenters. The van der Waals surface area contributed by atoms with Gasteiger partial charge < -0.3 is 9.73 Å². The Hall–Kier alpha value is -1.55. The molecular weight excluding hydrogens is 240 g/mol. The predicted octanol–water partition coefficient (Wildman–Crippen LogP) is 2.82. The lowest BCUT2D eigenvalue weighted by atomic mass is 9.90. The lowest BCUT2D eigenvalue weighted by Crippen LogP contribution is -2.27. The van der Waals surface area contributed by atoms with Crippen LogP contribution in [-0.2, 0) is 0 Å². The Labute approximate surface area is 112 Å². The zero-order chi connectivity index (χ0) is 13.4. The molecule has 1 aliphatic rings. The molecule has 3 rings (SSSR count). The number of fused-ring (bicyclic) bond motifs is 1. The van der Waals surface area contributed by atoms with Crippen LogP contribution in [0.5, 0.6) is 0 Å². The first-order chi connectivity index (χ1) is 9.19. The van der Waals surface area contributed by atoms with Gasteiger partial charge in [-0.25, -0.2) is 4.79 Å². The van der Waals surface area contributed by atoms with Crippen molar-refractivity contribution in [3.05, 3.63) is 34.3 Å². The predicted molar refractivity (Wildman–Crippen MR) is 75.1 cm³/mol. The Kier molecular flexibility index (Phi) is 3.19. The van der Waals surface area contributed by atoms with Crippen LogP contribution in [0.3, 0.4) is 0 Å². The van der Waals surface area contributed by atoms with Crippen LogP contribution in [0.25, 0.3) is 11.1 Å². The molecule has 0 radical (unpaired) electrons. The van der Waals surface area contributed by atoms with Gasteiger partial charge in [0.15, 0.2) is 5.58 Å². The number of H-pyrrole nitrogens is 1. The van der Waals surface area contributed by atoms with Crippen molar-refractivity contribution in [2.45, 2.75) is 32.7 Å². The van der Waals surface area contributed by atoms with E-state index >= 15 is 0 Å². The van der Waals surface area contributed by atoms with Crippen LogP contribution in [0.15, 0.2) is 27.4 Å². The molecule has 0 bridgehead atoms. The summed E-state index contributed by atoms with van der Waals surface area (Å²) in [6.07, 6.45) is 2.68. The molecule has 1 saturated carbocycles. The fourth-order valence-corrected chi connectivity index (χ4v) is 2.88. The van der Waals surface area contributed by atoms with Crippen LogP contribution in [0.4, 0.5) is 0 Å². The Balaban J connectivity index is 1.95. The highest BCUT2D eigenvalue weighted by atomic mass is 16.4. The molecule has 2 aromatic rings. The van der Waals surface area contributed by atoms with Crippen LogP contribution in [0.2, 0.25) is 0 Å². The smallest absolute Gasteiger partial charge is 0.408 e. The summed E-state index contributed by atoms with van der Waals surface area (Å²) in [5.74, 6) is 1.06. The number of hydrogen-bond acceptors (Lipinski definition) is 3. The van der Waals surface area contributed by atoms with E-state index in [0.717, 1.165) is 18.0 Å². The lowest BCUT2D eigenvalue weighted by Gasteiger charge is -2.25.